The highest BCUT2D eigenvalue weighted by Crippen LogP contribution is 2.30. The van der Waals surface area contributed by atoms with Gasteiger partial charge < -0.3 is 9.14 Å². The summed E-state index contributed by atoms with van der Waals surface area (Å²) in [5, 5.41) is 10.9. The molecule has 3 aromatic heterocycles. The maximum atomic E-state index is 12.7. The van der Waals surface area contributed by atoms with Crippen molar-refractivity contribution in [2.24, 2.45) is 0 Å². The summed E-state index contributed by atoms with van der Waals surface area (Å²) in [6, 6.07) is 4.14. The summed E-state index contributed by atoms with van der Waals surface area (Å²) in [6.45, 7) is 3.82. The molecule has 0 N–H and O–H groups in total. The third-order valence-electron chi connectivity index (χ3n) is 3.58. The second kappa shape index (κ2) is 4.97. The third kappa shape index (κ3) is 1.83. The van der Waals surface area contributed by atoms with E-state index in [0.717, 1.165) is 11.1 Å². The summed E-state index contributed by atoms with van der Waals surface area (Å²) in [7, 11) is 1.24. The van der Waals surface area contributed by atoms with Crippen LogP contribution in [0, 0.1) is 25.2 Å². The zero-order valence-electron chi connectivity index (χ0n) is 12.3. The van der Waals surface area contributed by atoms with Gasteiger partial charge in [-0.05, 0) is 25.0 Å². The molecule has 0 aliphatic heterocycles. The van der Waals surface area contributed by atoms with E-state index in [2.05, 4.69) is 10.8 Å². The van der Waals surface area contributed by atoms with Gasteiger partial charge in [-0.3, -0.25) is 4.79 Å². The first-order valence-corrected chi connectivity index (χ1v) is 7.42. The molecule has 0 aliphatic rings. The minimum Gasteiger partial charge on any atom is -0.465 e. The van der Waals surface area contributed by atoms with Crippen LogP contribution in [0.25, 0.3) is 15.7 Å². The van der Waals surface area contributed by atoms with Gasteiger partial charge in [0.1, 0.15) is 17.1 Å². The van der Waals surface area contributed by atoms with Gasteiger partial charge in [-0.2, -0.15) is 5.26 Å². The molecule has 0 saturated heterocycles. The van der Waals surface area contributed by atoms with Gasteiger partial charge >= 0.3 is 5.97 Å². The van der Waals surface area contributed by atoms with Crippen LogP contribution in [0.5, 0.6) is 0 Å². The van der Waals surface area contributed by atoms with E-state index in [1.54, 1.807) is 10.6 Å². The number of esters is 1. The van der Waals surface area contributed by atoms with Crippen molar-refractivity contribution in [3.05, 3.63) is 50.1 Å². The van der Waals surface area contributed by atoms with Crippen LogP contribution in [-0.2, 0) is 4.74 Å². The Hall–Kier alpha value is -2.65. The van der Waals surface area contributed by atoms with Crippen molar-refractivity contribution >= 4 is 33.0 Å². The highest BCUT2D eigenvalue weighted by atomic mass is 32.1. The smallest absolute Gasteiger partial charge is 0.342 e. The number of aryl methyl sites for hydroxylation is 2. The fraction of sp³-hybridized carbons (Fsp3) is 0.188. The Kier molecular flexibility index (Phi) is 3.23. The van der Waals surface area contributed by atoms with Crippen molar-refractivity contribution in [1.29, 1.82) is 5.26 Å². The second-order valence-corrected chi connectivity index (χ2v) is 5.93. The van der Waals surface area contributed by atoms with Crippen molar-refractivity contribution in [2.75, 3.05) is 7.11 Å². The molecule has 0 unspecified atom stereocenters. The molecule has 0 spiro atoms. The van der Waals surface area contributed by atoms with Crippen LogP contribution in [0.15, 0.2) is 22.4 Å². The maximum absolute atomic E-state index is 12.7. The number of nitrogens with zero attached hydrogens (tertiary/aromatic N) is 2. The summed E-state index contributed by atoms with van der Waals surface area (Å²) in [5.74, 6) is -0.666. The van der Waals surface area contributed by atoms with E-state index in [1.165, 1.54) is 23.8 Å². The molecule has 5 nitrogen and oxygen atoms in total. The molecule has 3 rings (SSSR count). The Morgan fingerprint density at radius 2 is 2.09 bits per heavy atom. The summed E-state index contributed by atoms with van der Waals surface area (Å²) in [5.41, 5.74) is 2.99. The number of rotatable bonds is 1. The number of hydrogen-bond acceptors (Lipinski definition) is 5. The molecular formula is C16H12N2O3S. The molecule has 0 atom stereocenters. The van der Waals surface area contributed by atoms with Crippen LogP contribution in [0.4, 0.5) is 0 Å². The number of nitriles is 1. The number of carbonyl (C=O) groups is 1. The van der Waals surface area contributed by atoms with E-state index >= 15 is 0 Å². The monoisotopic (exact) mass is 312 g/mol. The van der Waals surface area contributed by atoms with E-state index in [1.807, 2.05) is 19.9 Å². The van der Waals surface area contributed by atoms with Crippen LogP contribution >= 0.6 is 11.3 Å². The minimum absolute atomic E-state index is 0.0111. The van der Waals surface area contributed by atoms with E-state index in [9.17, 15) is 14.9 Å². The topological polar surface area (TPSA) is 71.6 Å². The summed E-state index contributed by atoms with van der Waals surface area (Å²) in [6.07, 6.45) is 1.81. The van der Waals surface area contributed by atoms with Crippen LogP contribution in [0.2, 0.25) is 0 Å². The lowest BCUT2D eigenvalue weighted by Gasteiger charge is -2.03. The second-order valence-electron chi connectivity index (χ2n) is 5.05. The predicted octanol–water partition coefficient (Wildman–Crippen LogP) is 2.79. The number of aromatic nitrogens is 1. The van der Waals surface area contributed by atoms with Gasteiger partial charge in [-0.25, -0.2) is 4.79 Å². The third-order valence-corrected chi connectivity index (χ3v) is 4.57. The zero-order valence-corrected chi connectivity index (χ0v) is 13.1. The van der Waals surface area contributed by atoms with Gasteiger partial charge in [-0.1, -0.05) is 6.07 Å². The first-order chi connectivity index (χ1) is 10.5. The molecule has 0 fully saturated rings. The maximum Gasteiger partial charge on any atom is 0.342 e. The van der Waals surface area contributed by atoms with Gasteiger partial charge in [-0.15, -0.1) is 11.3 Å². The summed E-state index contributed by atoms with van der Waals surface area (Å²) >= 11 is 1.21. The zero-order chi connectivity index (χ0) is 16.0. The van der Waals surface area contributed by atoms with E-state index in [-0.39, 0.29) is 5.56 Å². The van der Waals surface area contributed by atoms with Crippen molar-refractivity contribution in [3.8, 4) is 6.07 Å². The molecule has 0 saturated carbocycles. The number of fused-ring (bicyclic) bond motifs is 3. The fourth-order valence-electron chi connectivity index (χ4n) is 2.72. The lowest BCUT2D eigenvalue weighted by molar-refractivity contribution is 0.0600. The predicted molar refractivity (Wildman–Crippen MR) is 84.6 cm³/mol. The van der Waals surface area contributed by atoms with Crippen molar-refractivity contribution in [2.45, 2.75) is 13.8 Å². The Labute approximate surface area is 130 Å². The average Bonchev–Trinajstić information content (AvgIpc) is 2.81. The van der Waals surface area contributed by atoms with Crippen molar-refractivity contribution < 1.29 is 9.53 Å². The van der Waals surface area contributed by atoms with Gasteiger partial charge in [0.15, 0.2) is 0 Å². The lowest BCUT2D eigenvalue weighted by Crippen LogP contribution is -2.16. The Morgan fingerprint density at radius 1 is 1.36 bits per heavy atom. The molecule has 0 bridgehead atoms. The standard InChI is InChI=1S/C16H12N2O3S/c1-8-4-9(2)12-10(5-17)15-13(18(12)6-8)14(19)11(7-22-15)16(20)21-3/h4,6-7H,1-3H3. The molecule has 110 valence electrons. The largest absolute Gasteiger partial charge is 0.465 e. The molecule has 6 heteroatoms. The SMILES string of the molecule is COC(=O)c1csc2c(C#N)c3c(C)cc(C)cn3c2c1=O. The minimum atomic E-state index is -0.666. The first kappa shape index (κ1) is 14.3. The first-order valence-electron chi connectivity index (χ1n) is 6.54. The Morgan fingerprint density at radius 3 is 2.73 bits per heavy atom. The van der Waals surface area contributed by atoms with Crippen LogP contribution in [0.3, 0.4) is 0 Å². The summed E-state index contributed by atoms with van der Waals surface area (Å²) in [4.78, 5) is 24.4. The number of carbonyl (C=O) groups excluding carboxylic acids is 1. The van der Waals surface area contributed by atoms with Gasteiger partial charge in [0.2, 0.25) is 5.43 Å². The van der Waals surface area contributed by atoms with Crippen molar-refractivity contribution in [1.82, 2.24) is 4.40 Å². The average molecular weight is 312 g/mol. The number of pyridine rings is 1. The van der Waals surface area contributed by atoms with Crippen LogP contribution in [-0.4, -0.2) is 17.5 Å². The van der Waals surface area contributed by atoms with E-state index < -0.39 is 11.4 Å². The van der Waals surface area contributed by atoms with E-state index in [0.29, 0.717) is 21.3 Å². The van der Waals surface area contributed by atoms with Crippen LogP contribution in [0.1, 0.15) is 27.0 Å². The molecule has 22 heavy (non-hydrogen) atoms. The fourth-order valence-corrected chi connectivity index (χ4v) is 3.72. The van der Waals surface area contributed by atoms with Crippen LogP contribution < -0.4 is 5.43 Å². The number of ether oxygens (including phenoxy) is 1. The Balaban J connectivity index is 2.62. The molecule has 3 heterocycles. The normalized spacial score (nSPS) is 10.8. The van der Waals surface area contributed by atoms with Gasteiger partial charge in [0.25, 0.3) is 0 Å². The summed E-state index contributed by atoms with van der Waals surface area (Å²) < 4.78 is 6.96. The quantitative estimate of drug-likeness (QED) is 0.648. The molecular weight excluding hydrogens is 300 g/mol. The van der Waals surface area contributed by atoms with Gasteiger partial charge in [0.05, 0.1) is 22.9 Å². The lowest BCUT2D eigenvalue weighted by atomic mass is 10.1. The molecule has 0 radical (unpaired) electrons. The highest BCUT2D eigenvalue weighted by Gasteiger charge is 2.21. The molecule has 3 aromatic rings. The van der Waals surface area contributed by atoms with Gasteiger partial charge in [0, 0.05) is 11.6 Å². The molecule has 0 amide bonds. The molecule has 0 aromatic carbocycles. The molecule has 0 aliphatic carbocycles. The Bertz CT molecular complexity index is 1040. The van der Waals surface area contributed by atoms with E-state index in [4.69, 9.17) is 0 Å². The van der Waals surface area contributed by atoms with Crippen molar-refractivity contribution in [3.63, 3.8) is 0 Å². The number of hydrogen-bond donors (Lipinski definition) is 0. The number of methoxy groups -OCH3 is 1. The highest BCUT2D eigenvalue weighted by molar-refractivity contribution is 7.17.